The number of carbonyl (C=O) groups is 3. The molecule has 8 nitrogen and oxygen atoms in total. The van der Waals surface area contributed by atoms with Crippen molar-refractivity contribution in [1.82, 2.24) is 10.2 Å². The van der Waals surface area contributed by atoms with Crippen LogP contribution >= 0.6 is 0 Å². The maximum Gasteiger partial charge on any atom is 0.253 e. The Hall–Kier alpha value is -4.07. The van der Waals surface area contributed by atoms with Gasteiger partial charge >= 0.3 is 0 Å². The SMILES string of the molecule is CC1CCN(C(=O)c2ccc(NCC(=O)Nc3ccc(C(=O)NCc4ccco4)cc3)cc2)CC1. The zero-order valence-corrected chi connectivity index (χ0v) is 19.8. The molecule has 3 amide bonds. The third-order valence-electron chi connectivity index (χ3n) is 6.09. The van der Waals surface area contributed by atoms with Crippen molar-refractivity contribution in [1.29, 1.82) is 0 Å². The third kappa shape index (κ3) is 6.72. The lowest BCUT2D eigenvalue weighted by Crippen LogP contribution is -2.37. The van der Waals surface area contributed by atoms with Crippen molar-refractivity contribution >= 4 is 29.1 Å². The molecule has 8 heteroatoms. The number of nitrogens with one attached hydrogen (secondary N) is 3. The average molecular weight is 475 g/mol. The first kappa shape index (κ1) is 24.1. The van der Waals surface area contributed by atoms with E-state index in [-0.39, 0.29) is 24.3 Å². The minimum absolute atomic E-state index is 0.0549. The number of hydrogen-bond donors (Lipinski definition) is 3. The van der Waals surface area contributed by atoms with Gasteiger partial charge in [-0.25, -0.2) is 0 Å². The van der Waals surface area contributed by atoms with E-state index in [4.69, 9.17) is 4.42 Å². The van der Waals surface area contributed by atoms with Crippen molar-refractivity contribution in [3.05, 3.63) is 83.8 Å². The number of likely N-dealkylation sites (tertiary alicyclic amines) is 1. The lowest BCUT2D eigenvalue weighted by Gasteiger charge is -2.30. The van der Waals surface area contributed by atoms with Crippen LogP contribution in [0.15, 0.2) is 71.3 Å². The van der Waals surface area contributed by atoms with Gasteiger partial charge in [-0.1, -0.05) is 6.92 Å². The first-order chi connectivity index (χ1) is 17.0. The molecule has 1 aliphatic rings. The molecule has 2 heterocycles. The minimum Gasteiger partial charge on any atom is -0.467 e. The van der Waals surface area contributed by atoms with Crippen LogP contribution in [0.2, 0.25) is 0 Å². The van der Waals surface area contributed by atoms with Gasteiger partial charge in [0.25, 0.3) is 11.8 Å². The number of amides is 3. The number of benzene rings is 2. The van der Waals surface area contributed by atoms with E-state index in [1.165, 1.54) is 0 Å². The third-order valence-corrected chi connectivity index (χ3v) is 6.09. The summed E-state index contributed by atoms with van der Waals surface area (Å²) in [5.41, 5.74) is 2.49. The largest absolute Gasteiger partial charge is 0.467 e. The van der Waals surface area contributed by atoms with Crippen LogP contribution in [0.1, 0.15) is 46.2 Å². The van der Waals surface area contributed by atoms with E-state index in [0.717, 1.165) is 31.6 Å². The first-order valence-electron chi connectivity index (χ1n) is 11.8. The number of anilines is 2. The Balaban J connectivity index is 1.21. The Bertz CT molecular complexity index is 1130. The summed E-state index contributed by atoms with van der Waals surface area (Å²) in [4.78, 5) is 39.1. The predicted molar refractivity (Wildman–Crippen MR) is 134 cm³/mol. The van der Waals surface area contributed by atoms with Gasteiger partial charge in [0.05, 0.1) is 19.4 Å². The molecule has 0 aliphatic carbocycles. The normalized spacial score (nSPS) is 13.8. The van der Waals surface area contributed by atoms with E-state index in [1.807, 2.05) is 17.0 Å². The number of hydrogen-bond acceptors (Lipinski definition) is 5. The van der Waals surface area contributed by atoms with Gasteiger partial charge in [0.2, 0.25) is 5.91 Å². The van der Waals surface area contributed by atoms with Gasteiger partial charge in [0.1, 0.15) is 5.76 Å². The fourth-order valence-corrected chi connectivity index (χ4v) is 3.90. The second kappa shape index (κ2) is 11.4. The first-order valence-corrected chi connectivity index (χ1v) is 11.8. The smallest absolute Gasteiger partial charge is 0.253 e. The second-order valence-electron chi connectivity index (χ2n) is 8.79. The second-order valence-corrected chi connectivity index (χ2v) is 8.79. The van der Waals surface area contributed by atoms with Crippen LogP contribution in [0, 0.1) is 5.92 Å². The zero-order chi connectivity index (χ0) is 24.6. The lowest BCUT2D eigenvalue weighted by molar-refractivity contribution is -0.114. The molecule has 3 N–H and O–H groups in total. The highest BCUT2D eigenvalue weighted by molar-refractivity contribution is 5.97. The molecule has 2 aromatic carbocycles. The molecule has 0 unspecified atom stereocenters. The summed E-state index contributed by atoms with van der Waals surface area (Å²) in [5.74, 6) is 0.958. The quantitative estimate of drug-likeness (QED) is 0.455. The van der Waals surface area contributed by atoms with Gasteiger partial charge in [-0.3, -0.25) is 14.4 Å². The van der Waals surface area contributed by atoms with E-state index in [1.54, 1.807) is 54.8 Å². The monoisotopic (exact) mass is 474 g/mol. The Morgan fingerprint density at radius 2 is 1.57 bits per heavy atom. The van der Waals surface area contributed by atoms with Crippen molar-refractivity contribution in [2.45, 2.75) is 26.3 Å². The summed E-state index contributed by atoms with van der Waals surface area (Å²) in [5, 5.41) is 8.64. The summed E-state index contributed by atoms with van der Waals surface area (Å²) in [6.45, 7) is 4.20. The van der Waals surface area contributed by atoms with Crippen molar-refractivity contribution in [2.24, 2.45) is 5.92 Å². The van der Waals surface area contributed by atoms with Crippen LogP contribution in [-0.4, -0.2) is 42.3 Å². The Morgan fingerprint density at radius 3 is 2.23 bits per heavy atom. The van der Waals surface area contributed by atoms with Gasteiger partial charge in [0, 0.05) is 35.6 Å². The minimum atomic E-state index is -0.224. The predicted octanol–water partition coefficient (Wildman–Crippen LogP) is 4.13. The summed E-state index contributed by atoms with van der Waals surface area (Å²) in [6.07, 6.45) is 3.64. The molecule has 1 aliphatic heterocycles. The van der Waals surface area contributed by atoms with Gasteiger partial charge in [-0.05, 0) is 79.4 Å². The number of nitrogens with zero attached hydrogens (tertiary/aromatic N) is 1. The van der Waals surface area contributed by atoms with Crippen LogP contribution in [0.25, 0.3) is 0 Å². The molecule has 1 fully saturated rings. The summed E-state index contributed by atoms with van der Waals surface area (Å²) in [6, 6.07) is 17.4. The fourth-order valence-electron chi connectivity index (χ4n) is 3.90. The van der Waals surface area contributed by atoms with Crippen LogP contribution in [0.3, 0.4) is 0 Å². The average Bonchev–Trinajstić information content (AvgIpc) is 3.41. The van der Waals surface area contributed by atoms with Gasteiger partial charge < -0.3 is 25.3 Å². The highest BCUT2D eigenvalue weighted by atomic mass is 16.3. The maximum atomic E-state index is 12.7. The molecule has 0 atom stereocenters. The highest BCUT2D eigenvalue weighted by Crippen LogP contribution is 2.19. The Kier molecular flexibility index (Phi) is 7.82. The molecule has 0 saturated carbocycles. The number of piperidine rings is 1. The molecule has 35 heavy (non-hydrogen) atoms. The van der Waals surface area contributed by atoms with E-state index < -0.39 is 0 Å². The molecule has 1 aromatic heterocycles. The van der Waals surface area contributed by atoms with Gasteiger partial charge in [0.15, 0.2) is 0 Å². The van der Waals surface area contributed by atoms with Crippen molar-refractivity contribution < 1.29 is 18.8 Å². The van der Waals surface area contributed by atoms with Crippen LogP contribution in [0.5, 0.6) is 0 Å². The number of carbonyl (C=O) groups excluding carboxylic acids is 3. The topological polar surface area (TPSA) is 104 Å². The molecular formula is C27H30N4O4. The van der Waals surface area contributed by atoms with Gasteiger partial charge in [-0.2, -0.15) is 0 Å². The van der Waals surface area contributed by atoms with E-state index in [0.29, 0.717) is 35.0 Å². The molecule has 0 spiro atoms. The summed E-state index contributed by atoms with van der Waals surface area (Å²) >= 11 is 0. The number of furan rings is 1. The highest BCUT2D eigenvalue weighted by Gasteiger charge is 2.21. The van der Waals surface area contributed by atoms with Gasteiger partial charge in [-0.15, -0.1) is 0 Å². The number of rotatable bonds is 8. The van der Waals surface area contributed by atoms with Crippen LogP contribution in [0.4, 0.5) is 11.4 Å². The molecule has 0 bridgehead atoms. The molecule has 4 rings (SSSR count). The molecule has 0 radical (unpaired) electrons. The molecule has 3 aromatic rings. The standard InChI is InChI=1S/C27H30N4O4/c1-19-12-14-31(15-13-19)27(34)21-6-8-22(9-7-21)28-18-25(32)30-23-10-4-20(5-11-23)26(33)29-17-24-3-2-16-35-24/h2-11,16,19,28H,12-15,17-18H2,1H3,(H,29,33)(H,30,32). The van der Waals surface area contributed by atoms with Crippen molar-refractivity contribution in [3.63, 3.8) is 0 Å². The van der Waals surface area contributed by atoms with Crippen LogP contribution < -0.4 is 16.0 Å². The Morgan fingerprint density at radius 1 is 0.914 bits per heavy atom. The lowest BCUT2D eigenvalue weighted by atomic mass is 9.98. The maximum absolute atomic E-state index is 12.7. The van der Waals surface area contributed by atoms with Crippen molar-refractivity contribution in [2.75, 3.05) is 30.3 Å². The van der Waals surface area contributed by atoms with E-state index in [9.17, 15) is 14.4 Å². The van der Waals surface area contributed by atoms with Crippen molar-refractivity contribution in [3.8, 4) is 0 Å². The molecule has 182 valence electrons. The van der Waals surface area contributed by atoms with Crippen LogP contribution in [-0.2, 0) is 11.3 Å². The summed E-state index contributed by atoms with van der Waals surface area (Å²) < 4.78 is 5.20. The molecular weight excluding hydrogens is 444 g/mol. The molecule has 1 saturated heterocycles. The zero-order valence-electron chi connectivity index (χ0n) is 19.8. The Labute approximate surface area is 204 Å². The fraction of sp³-hybridized carbons (Fsp3) is 0.296. The van der Waals surface area contributed by atoms with E-state index in [2.05, 4.69) is 22.9 Å². The van der Waals surface area contributed by atoms with E-state index >= 15 is 0 Å². The summed E-state index contributed by atoms with van der Waals surface area (Å²) in [7, 11) is 0.